The highest BCUT2D eigenvalue weighted by molar-refractivity contribution is 5.29. The first kappa shape index (κ1) is 14.7. The van der Waals surface area contributed by atoms with E-state index >= 15 is 0 Å². The SMILES string of the molecule is CNCC(O)COC(c1ccccc1)c1ccccc1. The Hall–Kier alpha value is -1.68. The van der Waals surface area contributed by atoms with Crippen LogP contribution >= 0.6 is 0 Å². The van der Waals surface area contributed by atoms with Crippen molar-refractivity contribution in [3.63, 3.8) is 0 Å². The standard InChI is InChI=1S/C17H21NO2/c1-18-12-16(19)13-20-17(14-8-4-2-5-9-14)15-10-6-3-7-11-15/h2-11,16-19H,12-13H2,1H3. The molecule has 3 heteroatoms. The smallest absolute Gasteiger partial charge is 0.108 e. The summed E-state index contributed by atoms with van der Waals surface area (Å²) >= 11 is 0. The van der Waals surface area contributed by atoms with Crippen molar-refractivity contribution in [1.29, 1.82) is 0 Å². The largest absolute Gasteiger partial charge is 0.389 e. The predicted molar refractivity (Wildman–Crippen MR) is 80.6 cm³/mol. The van der Waals surface area contributed by atoms with Crippen LogP contribution in [0.1, 0.15) is 17.2 Å². The molecule has 2 aromatic carbocycles. The number of aliphatic hydroxyl groups is 1. The van der Waals surface area contributed by atoms with Gasteiger partial charge >= 0.3 is 0 Å². The van der Waals surface area contributed by atoms with Gasteiger partial charge in [-0.15, -0.1) is 0 Å². The molecule has 2 N–H and O–H groups in total. The maximum absolute atomic E-state index is 9.80. The minimum Gasteiger partial charge on any atom is -0.389 e. The van der Waals surface area contributed by atoms with Gasteiger partial charge in [0.15, 0.2) is 0 Å². The normalized spacial score (nSPS) is 12.6. The number of benzene rings is 2. The van der Waals surface area contributed by atoms with Crippen LogP contribution in [-0.4, -0.2) is 31.4 Å². The fourth-order valence-corrected chi connectivity index (χ4v) is 2.14. The summed E-state index contributed by atoms with van der Waals surface area (Å²) in [7, 11) is 1.81. The number of hydrogen-bond donors (Lipinski definition) is 2. The Kier molecular flexibility index (Phi) is 5.74. The molecular weight excluding hydrogens is 250 g/mol. The lowest BCUT2D eigenvalue weighted by atomic mass is 10.0. The molecule has 0 bridgehead atoms. The first-order chi connectivity index (χ1) is 9.81. The highest BCUT2D eigenvalue weighted by Crippen LogP contribution is 2.25. The van der Waals surface area contributed by atoms with Gasteiger partial charge in [-0.3, -0.25) is 0 Å². The molecule has 20 heavy (non-hydrogen) atoms. The van der Waals surface area contributed by atoms with Crippen molar-refractivity contribution in [2.24, 2.45) is 0 Å². The van der Waals surface area contributed by atoms with E-state index in [-0.39, 0.29) is 6.10 Å². The molecule has 0 aromatic heterocycles. The molecule has 0 aliphatic rings. The lowest BCUT2D eigenvalue weighted by molar-refractivity contribution is 0.00729. The van der Waals surface area contributed by atoms with Crippen molar-refractivity contribution in [2.75, 3.05) is 20.2 Å². The van der Waals surface area contributed by atoms with Crippen LogP contribution in [0.15, 0.2) is 60.7 Å². The number of nitrogens with one attached hydrogen (secondary N) is 1. The second-order valence-electron chi connectivity index (χ2n) is 4.75. The molecule has 0 fully saturated rings. The summed E-state index contributed by atoms with van der Waals surface area (Å²) in [6.45, 7) is 0.825. The van der Waals surface area contributed by atoms with Crippen LogP contribution in [0, 0.1) is 0 Å². The van der Waals surface area contributed by atoms with E-state index in [2.05, 4.69) is 5.32 Å². The molecule has 2 rings (SSSR count). The Morgan fingerprint density at radius 1 is 0.950 bits per heavy atom. The number of hydrogen-bond acceptors (Lipinski definition) is 3. The zero-order valence-electron chi connectivity index (χ0n) is 11.7. The summed E-state index contributed by atoms with van der Waals surface area (Å²) in [6.07, 6.45) is -0.654. The first-order valence-electron chi connectivity index (χ1n) is 6.85. The van der Waals surface area contributed by atoms with Gasteiger partial charge in [-0.05, 0) is 18.2 Å². The van der Waals surface area contributed by atoms with Crippen molar-refractivity contribution in [2.45, 2.75) is 12.2 Å². The topological polar surface area (TPSA) is 41.5 Å². The Morgan fingerprint density at radius 3 is 1.90 bits per heavy atom. The zero-order valence-corrected chi connectivity index (χ0v) is 11.7. The van der Waals surface area contributed by atoms with E-state index in [0.717, 1.165) is 11.1 Å². The van der Waals surface area contributed by atoms with E-state index in [1.54, 1.807) is 0 Å². The highest BCUT2D eigenvalue weighted by atomic mass is 16.5. The van der Waals surface area contributed by atoms with Gasteiger partial charge in [-0.25, -0.2) is 0 Å². The van der Waals surface area contributed by atoms with Crippen molar-refractivity contribution < 1.29 is 9.84 Å². The first-order valence-corrected chi connectivity index (χ1v) is 6.85. The van der Waals surface area contributed by atoms with Gasteiger partial charge in [-0.1, -0.05) is 60.7 Å². The Labute approximate surface area is 120 Å². The molecular formula is C17H21NO2. The van der Waals surface area contributed by atoms with Crippen LogP contribution in [-0.2, 0) is 4.74 Å². The molecule has 0 aliphatic carbocycles. The lowest BCUT2D eigenvalue weighted by Gasteiger charge is -2.21. The van der Waals surface area contributed by atoms with Gasteiger partial charge in [-0.2, -0.15) is 0 Å². The third-order valence-corrected chi connectivity index (χ3v) is 3.10. The molecule has 0 aliphatic heterocycles. The highest BCUT2D eigenvalue weighted by Gasteiger charge is 2.16. The third-order valence-electron chi connectivity index (χ3n) is 3.10. The second kappa shape index (κ2) is 7.80. The second-order valence-corrected chi connectivity index (χ2v) is 4.75. The number of likely N-dealkylation sites (N-methyl/N-ethyl adjacent to an activating group) is 1. The third kappa shape index (κ3) is 4.17. The summed E-state index contributed by atoms with van der Waals surface area (Å²) in [6, 6.07) is 20.1. The molecule has 2 aromatic rings. The van der Waals surface area contributed by atoms with Crippen molar-refractivity contribution in [3.05, 3.63) is 71.8 Å². The summed E-state index contributed by atoms with van der Waals surface area (Å²) in [5, 5.41) is 12.7. The molecule has 3 nitrogen and oxygen atoms in total. The average molecular weight is 271 g/mol. The van der Waals surface area contributed by atoms with Gasteiger partial charge in [0.25, 0.3) is 0 Å². The fourth-order valence-electron chi connectivity index (χ4n) is 2.14. The molecule has 1 unspecified atom stereocenters. The minimum absolute atomic E-state index is 0.149. The molecule has 0 saturated heterocycles. The van der Waals surface area contributed by atoms with E-state index in [1.165, 1.54) is 0 Å². The van der Waals surface area contributed by atoms with Crippen LogP contribution in [0.2, 0.25) is 0 Å². The summed E-state index contributed by atoms with van der Waals surface area (Å²) in [5.74, 6) is 0. The van der Waals surface area contributed by atoms with Crippen LogP contribution in [0.5, 0.6) is 0 Å². The van der Waals surface area contributed by atoms with Crippen LogP contribution in [0.3, 0.4) is 0 Å². The molecule has 0 heterocycles. The van der Waals surface area contributed by atoms with Crippen molar-refractivity contribution in [3.8, 4) is 0 Å². The molecule has 106 valence electrons. The quantitative estimate of drug-likeness (QED) is 0.812. The van der Waals surface area contributed by atoms with E-state index in [1.807, 2.05) is 67.7 Å². The van der Waals surface area contributed by atoms with Crippen molar-refractivity contribution in [1.82, 2.24) is 5.32 Å². The van der Waals surface area contributed by atoms with Crippen LogP contribution < -0.4 is 5.32 Å². The molecule has 0 saturated carbocycles. The predicted octanol–water partition coefficient (Wildman–Crippen LogP) is 2.37. The van der Waals surface area contributed by atoms with E-state index in [9.17, 15) is 5.11 Å². The number of aliphatic hydroxyl groups excluding tert-OH is 1. The maximum atomic E-state index is 9.80. The maximum Gasteiger partial charge on any atom is 0.108 e. The van der Waals surface area contributed by atoms with E-state index < -0.39 is 6.10 Å². The lowest BCUT2D eigenvalue weighted by Crippen LogP contribution is -2.28. The zero-order chi connectivity index (χ0) is 14.2. The van der Waals surface area contributed by atoms with Gasteiger partial charge in [0.2, 0.25) is 0 Å². The molecule has 1 atom stereocenters. The Bertz CT molecular complexity index is 447. The van der Waals surface area contributed by atoms with Crippen molar-refractivity contribution >= 4 is 0 Å². The Morgan fingerprint density at radius 2 is 1.45 bits per heavy atom. The van der Waals surface area contributed by atoms with Gasteiger partial charge in [0, 0.05) is 6.54 Å². The number of ether oxygens (including phenoxy) is 1. The van der Waals surface area contributed by atoms with Gasteiger partial charge < -0.3 is 15.2 Å². The fraction of sp³-hybridized carbons (Fsp3) is 0.294. The van der Waals surface area contributed by atoms with Gasteiger partial charge in [0.05, 0.1) is 12.7 Å². The molecule has 0 amide bonds. The van der Waals surface area contributed by atoms with Gasteiger partial charge in [0.1, 0.15) is 6.10 Å². The van der Waals surface area contributed by atoms with E-state index in [4.69, 9.17) is 4.74 Å². The van der Waals surface area contributed by atoms with Crippen LogP contribution in [0.4, 0.5) is 0 Å². The summed E-state index contributed by atoms with van der Waals surface area (Å²) < 4.78 is 5.94. The molecule has 0 spiro atoms. The van der Waals surface area contributed by atoms with Crippen LogP contribution in [0.25, 0.3) is 0 Å². The van der Waals surface area contributed by atoms with E-state index in [0.29, 0.717) is 13.2 Å². The minimum atomic E-state index is -0.505. The average Bonchev–Trinajstić information content (AvgIpc) is 2.50. The summed E-state index contributed by atoms with van der Waals surface area (Å²) in [4.78, 5) is 0. The molecule has 0 radical (unpaired) electrons. The summed E-state index contributed by atoms with van der Waals surface area (Å²) in [5.41, 5.74) is 2.19. The number of rotatable bonds is 7. The monoisotopic (exact) mass is 271 g/mol. The Balaban J connectivity index is 2.13.